The highest BCUT2D eigenvalue weighted by Crippen LogP contribution is 2.17. The average molecular weight is 312 g/mol. The smallest absolute Gasteiger partial charge is 0.240 e. The third-order valence-electron chi connectivity index (χ3n) is 3.87. The van der Waals surface area contributed by atoms with Crippen LogP contribution in [0.3, 0.4) is 0 Å². The summed E-state index contributed by atoms with van der Waals surface area (Å²) < 4.78 is 27.3. The van der Waals surface area contributed by atoms with Gasteiger partial charge in [-0.1, -0.05) is 12.1 Å². The van der Waals surface area contributed by atoms with Crippen molar-refractivity contribution in [2.24, 2.45) is 0 Å². The van der Waals surface area contributed by atoms with Crippen molar-refractivity contribution in [3.05, 3.63) is 29.3 Å². The second-order valence-electron chi connectivity index (χ2n) is 5.56. The number of aliphatic hydroxyl groups is 1. The van der Waals surface area contributed by atoms with Crippen molar-refractivity contribution in [1.82, 2.24) is 9.62 Å². The normalized spacial score (nSPS) is 16.5. The molecular weight excluding hydrogens is 288 g/mol. The zero-order valence-electron chi connectivity index (χ0n) is 12.5. The van der Waals surface area contributed by atoms with E-state index < -0.39 is 10.0 Å². The van der Waals surface area contributed by atoms with E-state index in [9.17, 15) is 8.42 Å². The summed E-state index contributed by atoms with van der Waals surface area (Å²) in [5.74, 6) is 0. The Kier molecular flexibility index (Phi) is 5.75. The van der Waals surface area contributed by atoms with Crippen molar-refractivity contribution in [3.8, 4) is 0 Å². The lowest BCUT2D eigenvalue weighted by molar-refractivity contribution is 0.281. The largest absolute Gasteiger partial charge is 0.392 e. The summed E-state index contributed by atoms with van der Waals surface area (Å²) in [6.07, 6.45) is 3.32. The van der Waals surface area contributed by atoms with Crippen molar-refractivity contribution >= 4 is 10.0 Å². The summed E-state index contributed by atoms with van der Waals surface area (Å²) in [6, 6.07) is 5.00. The lowest BCUT2D eigenvalue weighted by Crippen LogP contribution is -2.29. The van der Waals surface area contributed by atoms with Gasteiger partial charge >= 0.3 is 0 Å². The van der Waals surface area contributed by atoms with Crippen LogP contribution >= 0.6 is 0 Å². The Morgan fingerprint density at radius 2 is 2.00 bits per heavy atom. The van der Waals surface area contributed by atoms with Gasteiger partial charge in [-0.05, 0) is 63.0 Å². The number of aliphatic hydroxyl groups excluding tert-OH is 1. The lowest BCUT2D eigenvalue weighted by Gasteiger charge is -2.15. The Hall–Kier alpha value is -0.950. The Morgan fingerprint density at radius 3 is 2.67 bits per heavy atom. The minimum atomic E-state index is -3.50. The molecule has 0 spiro atoms. The minimum Gasteiger partial charge on any atom is -0.392 e. The maximum atomic E-state index is 12.3. The number of hydrogen-bond donors (Lipinski definition) is 2. The molecule has 6 heteroatoms. The molecule has 0 saturated carbocycles. The number of rotatable bonds is 7. The number of hydrogen-bond acceptors (Lipinski definition) is 4. The second kappa shape index (κ2) is 7.35. The molecule has 1 aromatic carbocycles. The summed E-state index contributed by atoms with van der Waals surface area (Å²) >= 11 is 0. The Bertz CT molecular complexity index is 566. The number of likely N-dealkylation sites (tertiary alicyclic amines) is 1. The van der Waals surface area contributed by atoms with Crippen molar-refractivity contribution in [2.45, 2.75) is 37.7 Å². The fourth-order valence-electron chi connectivity index (χ4n) is 2.63. The van der Waals surface area contributed by atoms with Crippen LogP contribution in [-0.4, -0.2) is 44.6 Å². The van der Waals surface area contributed by atoms with E-state index in [1.807, 2.05) is 0 Å². The fraction of sp³-hybridized carbons (Fsp3) is 0.600. The van der Waals surface area contributed by atoms with Crippen molar-refractivity contribution < 1.29 is 13.5 Å². The number of sulfonamides is 1. The molecule has 1 heterocycles. The molecule has 0 aromatic heterocycles. The van der Waals surface area contributed by atoms with Gasteiger partial charge in [-0.2, -0.15) is 0 Å². The van der Waals surface area contributed by atoms with E-state index in [0.717, 1.165) is 26.1 Å². The van der Waals surface area contributed by atoms with Crippen molar-refractivity contribution in [2.75, 3.05) is 26.2 Å². The van der Waals surface area contributed by atoms with Crippen LogP contribution in [0.1, 0.15) is 30.4 Å². The maximum Gasteiger partial charge on any atom is 0.240 e. The second-order valence-corrected chi connectivity index (χ2v) is 7.29. The molecule has 5 nitrogen and oxygen atoms in total. The standard InChI is InChI=1S/C15H24N2O3S/c1-13-5-6-14(12-18)11-15(13)21(19,20)16-7-4-10-17-8-2-3-9-17/h5-6,11,16,18H,2-4,7-10,12H2,1H3. The van der Waals surface area contributed by atoms with Crippen molar-refractivity contribution in [3.63, 3.8) is 0 Å². The monoisotopic (exact) mass is 312 g/mol. The van der Waals surface area contributed by atoms with Crippen LogP contribution in [0, 0.1) is 6.92 Å². The SMILES string of the molecule is Cc1ccc(CO)cc1S(=O)(=O)NCCCN1CCCC1. The molecule has 1 fully saturated rings. The van der Waals surface area contributed by atoms with E-state index in [0.29, 0.717) is 17.7 Å². The zero-order valence-corrected chi connectivity index (χ0v) is 13.3. The molecule has 1 aliphatic rings. The first-order valence-electron chi connectivity index (χ1n) is 7.45. The topological polar surface area (TPSA) is 69.6 Å². The molecule has 118 valence electrons. The van der Waals surface area contributed by atoms with E-state index in [-0.39, 0.29) is 11.5 Å². The molecule has 1 aliphatic heterocycles. The molecule has 2 N–H and O–H groups in total. The molecule has 0 radical (unpaired) electrons. The minimum absolute atomic E-state index is 0.155. The quantitative estimate of drug-likeness (QED) is 0.744. The van der Waals surface area contributed by atoms with Gasteiger partial charge in [-0.3, -0.25) is 0 Å². The molecule has 1 aromatic rings. The molecule has 0 bridgehead atoms. The summed E-state index contributed by atoms with van der Waals surface area (Å²) in [5, 5.41) is 9.13. The molecular formula is C15H24N2O3S. The molecule has 21 heavy (non-hydrogen) atoms. The summed E-state index contributed by atoms with van der Waals surface area (Å²) in [7, 11) is -3.50. The first-order chi connectivity index (χ1) is 10.0. The van der Waals surface area contributed by atoms with Gasteiger partial charge in [0, 0.05) is 6.54 Å². The highest BCUT2D eigenvalue weighted by Gasteiger charge is 2.17. The van der Waals surface area contributed by atoms with Crippen LogP contribution in [-0.2, 0) is 16.6 Å². The van der Waals surface area contributed by atoms with Crippen LogP contribution in [0.2, 0.25) is 0 Å². The van der Waals surface area contributed by atoms with Gasteiger partial charge in [-0.25, -0.2) is 13.1 Å². The maximum absolute atomic E-state index is 12.3. The lowest BCUT2D eigenvalue weighted by atomic mass is 10.2. The van der Waals surface area contributed by atoms with Gasteiger partial charge < -0.3 is 10.0 Å². The molecule has 0 atom stereocenters. The first kappa shape index (κ1) is 16.4. The predicted octanol–water partition coefficient (Wildman–Crippen LogP) is 1.25. The van der Waals surface area contributed by atoms with E-state index >= 15 is 0 Å². The fourth-order valence-corrected chi connectivity index (χ4v) is 3.99. The van der Waals surface area contributed by atoms with Crippen LogP contribution in [0.25, 0.3) is 0 Å². The first-order valence-corrected chi connectivity index (χ1v) is 8.93. The third-order valence-corrected chi connectivity index (χ3v) is 5.47. The van der Waals surface area contributed by atoms with E-state index in [4.69, 9.17) is 5.11 Å². The number of benzene rings is 1. The predicted molar refractivity (Wildman–Crippen MR) is 82.6 cm³/mol. The van der Waals surface area contributed by atoms with Gasteiger partial charge in [0.2, 0.25) is 10.0 Å². The van der Waals surface area contributed by atoms with Gasteiger partial charge in [0.15, 0.2) is 0 Å². The zero-order chi connectivity index (χ0) is 15.3. The summed E-state index contributed by atoms with van der Waals surface area (Å²) in [5.41, 5.74) is 1.30. The van der Waals surface area contributed by atoms with Gasteiger partial charge in [0.05, 0.1) is 11.5 Å². The molecule has 0 amide bonds. The molecule has 1 saturated heterocycles. The summed E-state index contributed by atoms with van der Waals surface area (Å²) in [4.78, 5) is 2.63. The Balaban J connectivity index is 1.91. The Morgan fingerprint density at radius 1 is 1.29 bits per heavy atom. The number of nitrogens with zero attached hydrogens (tertiary/aromatic N) is 1. The Labute approximate surface area is 127 Å². The molecule has 0 aliphatic carbocycles. The van der Waals surface area contributed by atoms with Crippen LogP contribution < -0.4 is 4.72 Å². The van der Waals surface area contributed by atoms with Gasteiger partial charge in [0.25, 0.3) is 0 Å². The molecule has 2 rings (SSSR count). The third kappa shape index (κ3) is 4.51. The highest BCUT2D eigenvalue weighted by atomic mass is 32.2. The average Bonchev–Trinajstić information content (AvgIpc) is 2.97. The van der Waals surface area contributed by atoms with E-state index in [1.165, 1.54) is 18.9 Å². The van der Waals surface area contributed by atoms with Crippen molar-refractivity contribution in [1.29, 1.82) is 0 Å². The number of aryl methyl sites for hydroxylation is 1. The van der Waals surface area contributed by atoms with Crippen LogP contribution in [0.5, 0.6) is 0 Å². The van der Waals surface area contributed by atoms with Gasteiger partial charge in [0.1, 0.15) is 0 Å². The molecule has 0 unspecified atom stereocenters. The van der Waals surface area contributed by atoms with E-state index in [2.05, 4.69) is 9.62 Å². The van der Waals surface area contributed by atoms with Crippen LogP contribution in [0.4, 0.5) is 0 Å². The van der Waals surface area contributed by atoms with E-state index in [1.54, 1.807) is 19.1 Å². The van der Waals surface area contributed by atoms with Gasteiger partial charge in [-0.15, -0.1) is 0 Å². The highest BCUT2D eigenvalue weighted by molar-refractivity contribution is 7.89. The van der Waals surface area contributed by atoms with Crippen LogP contribution in [0.15, 0.2) is 23.1 Å². The number of nitrogens with one attached hydrogen (secondary N) is 1. The summed E-state index contributed by atoms with van der Waals surface area (Å²) in [6.45, 7) is 5.26.